The molecule has 0 N–H and O–H groups in total. The van der Waals surface area contributed by atoms with E-state index in [1.165, 1.54) is 32.4 Å². The molecule has 2 heteroatoms. The van der Waals surface area contributed by atoms with E-state index in [1.54, 1.807) is 0 Å². The molecule has 76 valence electrons. The average Bonchev–Trinajstić information content (AvgIpc) is 2.38. The maximum atomic E-state index is 5.69. The fourth-order valence-corrected chi connectivity index (χ4v) is 2.63. The summed E-state index contributed by atoms with van der Waals surface area (Å²) in [7, 11) is 0. The third-order valence-corrected chi connectivity index (χ3v) is 3.29. The third kappa shape index (κ3) is 2.23. The van der Waals surface area contributed by atoms with Crippen molar-refractivity contribution in [3.05, 3.63) is 0 Å². The number of hydrogen-bond donors (Lipinski definition) is 0. The summed E-state index contributed by atoms with van der Waals surface area (Å²) in [6, 6.07) is 0.731. The van der Waals surface area contributed by atoms with E-state index < -0.39 is 0 Å². The van der Waals surface area contributed by atoms with Crippen LogP contribution >= 0.6 is 0 Å². The maximum Gasteiger partial charge on any atom is 0.0625 e. The summed E-state index contributed by atoms with van der Waals surface area (Å²) in [6.45, 7) is 7.84. The van der Waals surface area contributed by atoms with Crippen LogP contribution in [0.15, 0.2) is 0 Å². The summed E-state index contributed by atoms with van der Waals surface area (Å²) in [4.78, 5) is 2.62. The van der Waals surface area contributed by atoms with E-state index in [4.69, 9.17) is 4.74 Å². The van der Waals surface area contributed by atoms with Gasteiger partial charge >= 0.3 is 0 Å². The van der Waals surface area contributed by atoms with Gasteiger partial charge in [0.05, 0.1) is 12.7 Å². The van der Waals surface area contributed by atoms with E-state index in [2.05, 4.69) is 18.7 Å². The van der Waals surface area contributed by atoms with Crippen molar-refractivity contribution in [1.29, 1.82) is 0 Å². The normalized spacial score (nSPS) is 38.5. The van der Waals surface area contributed by atoms with Gasteiger partial charge in [-0.3, -0.25) is 4.90 Å². The van der Waals surface area contributed by atoms with E-state index in [9.17, 15) is 0 Å². The van der Waals surface area contributed by atoms with Gasteiger partial charge in [-0.05, 0) is 45.6 Å². The van der Waals surface area contributed by atoms with Crippen molar-refractivity contribution in [2.75, 3.05) is 19.7 Å². The van der Waals surface area contributed by atoms with Gasteiger partial charge in [0.15, 0.2) is 0 Å². The van der Waals surface area contributed by atoms with Crippen LogP contribution < -0.4 is 0 Å². The minimum Gasteiger partial charge on any atom is -0.377 e. The van der Waals surface area contributed by atoms with Crippen LogP contribution in [-0.4, -0.2) is 36.7 Å². The zero-order chi connectivity index (χ0) is 9.26. The van der Waals surface area contributed by atoms with Crippen LogP contribution in [0, 0.1) is 5.92 Å². The number of rotatable bonds is 3. The molecule has 2 aliphatic heterocycles. The Bertz CT molecular complexity index is 169. The lowest BCUT2D eigenvalue weighted by molar-refractivity contribution is 0.0372. The minimum absolute atomic E-state index is 0.390. The van der Waals surface area contributed by atoms with E-state index in [-0.39, 0.29) is 0 Å². The molecule has 3 atom stereocenters. The highest BCUT2D eigenvalue weighted by Gasteiger charge is 2.34. The summed E-state index contributed by atoms with van der Waals surface area (Å²) in [5, 5.41) is 0. The molecule has 0 aliphatic carbocycles. The molecule has 0 aromatic heterocycles. The van der Waals surface area contributed by atoms with Crippen molar-refractivity contribution in [3.8, 4) is 0 Å². The second kappa shape index (κ2) is 3.97. The summed E-state index contributed by atoms with van der Waals surface area (Å²) in [5.41, 5.74) is 0. The van der Waals surface area contributed by atoms with Gasteiger partial charge in [0.2, 0.25) is 0 Å². The first-order chi connectivity index (χ1) is 6.25. The Morgan fingerprint density at radius 3 is 3.00 bits per heavy atom. The molecule has 2 aliphatic rings. The fourth-order valence-electron chi connectivity index (χ4n) is 2.63. The quantitative estimate of drug-likeness (QED) is 0.662. The monoisotopic (exact) mass is 183 g/mol. The predicted octanol–water partition coefficient (Wildman–Crippen LogP) is 1.90. The van der Waals surface area contributed by atoms with Crippen LogP contribution in [0.4, 0.5) is 0 Å². The lowest BCUT2D eigenvalue weighted by Gasteiger charge is -2.26. The molecule has 2 bridgehead atoms. The number of fused-ring (bicyclic) bond motifs is 2. The topological polar surface area (TPSA) is 12.5 Å². The van der Waals surface area contributed by atoms with E-state index in [1.807, 2.05) is 0 Å². The maximum absolute atomic E-state index is 5.69. The second-order valence-corrected chi connectivity index (χ2v) is 4.77. The first-order valence-electron chi connectivity index (χ1n) is 5.61. The van der Waals surface area contributed by atoms with E-state index in [0.29, 0.717) is 6.10 Å². The number of ether oxygens (including phenoxy) is 1. The Hall–Kier alpha value is -0.0800. The summed E-state index contributed by atoms with van der Waals surface area (Å²) in [6.07, 6.45) is 4.63. The molecular formula is C11H21NO. The Morgan fingerprint density at radius 1 is 1.46 bits per heavy atom. The molecule has 0 saturated carbocycles. The van der Waals surface area contributed by atoms with Crippen LogP contribution in [0.5, 0.6) is 0 Å². The van der Waals surface area contributed by atoms with Gasteiger partial charge in [-0.15, -0.1) is 0 Å². The molecule has 2 fully saturated rings. The van der Waals surface area contributed by atoms with Crippen molar-refractivity contribution < 1.29 is 4.74 Å². The van der Waals surface area contributed by atoms with Crippen LogP contribution in [-0.2, 0) is 4.74 Å². The number of piperidine rings is 1. The van der Waals surface area contributed by atoms with Gasteiger partial charge in [0.1, 0.15) is 0 Å². The third-order valence-electron chi connectivity index (χ3n) is 3.29. The lowest BCUT2D eigenvalue weighted by atomic mass is 10.00. The van der Waals surface area contributed by atoms with Gasteiger partial charge in [-0.2, -0.15) is 0 Å². The largest absolute Gasteiger partial charge is 0.377 e. The zero-order valence-corrected chi connectivity index (χ0v) is 8.83. The number of hydrogen-bond acceptors (Lipinski definition) is 2. The zero-order valence-electron chi connectivity index (χ0n) is 8.83. The van der Waals surface area contributed by atoms with E-state index in [0.717, 1.165) is 18.6 Å². The van der Waals surface area contributed by atoms with Crippen molar-refractivity contribution in [2.45, 2.75) is 45.3 Å². The van der Waals surface area contributed by atoms with Crippen LogP contribution in [0.2, 0.25) is 0 Å². The molecule has 13 heavy (non-hydrogen) atoms. The van der Waals surface area contributed by atoms with Gasteiger partial charge in [0, 0.05) is 12.6 Å². The second-order valence-electron chi connectivity index (χ2n) is 4.77. The summed E-state index contributed by atoms with van der Waals surface area (Å²) >= 11 is 0. The molecule has 0 spiro atoms. The van der Waals surface area contributed by atoms with Gasteiger partial charge in [-0.25, -0.2) is 0 Å². The average molecular weight is 183 g/mol. The molecule has 2 rings (SSSR count). The first kappa shape index (κ1) is 9.47. The first-order valence-corrected chi connectivity index (χ1v) is 5.61. The highest BCUT2D eigenvalue weighted by atomic mass is 16.5. The predicted molar refractivity (Wildman–Crippen MR) is 53.8 cm³/mol. The van der Waals surface area contributed by atoms with Gasteiger partial charge in [-0.1, -0.05) is 0 Å². The smallest absolute Gasteiger partial charge is 0.0625 e. The SMILES string of the molecule is CC(C)OCC1CC2CCCN1C2. The Kier molecular flexibility index (Phi) is 2.89. The molecule has 0 aromatic rings. The van der Waals surface area contributed by atoms with Crippen LogP contribution in [0.1, 0.15) is 33.1 Å². The lowest BCUT2D eigenvalue weighted by Crippen LogP contribution is -2.35. The molecule has 2 heterocycles. The summed E-state index contributed by atoms with van der Waals surface area (Å²) < 4.78 is 5.69. The fraction of sp³-hybridized carbons (Fsp3) is 1.00. The molecule has 0 radical (unpaired) electrons. The van der Waals surface area contributed by atoms with Crippen LogP contribution in [0.25, 0.3) is 0 Å². The van der Waals surface area contributed by atoms with Crippen molar-refractivity contribution in [3.63, 3.8) is 0 Å². The Morgan fingerprint density at radius 2 is 2.31 bits per heavy atom. The highest BCUT2D eigenvalue weighted by molar-refractivity contribution is 4.88. The van der Waals surface area contributed by atoms with Crippen molar-refractivity contribution in [1.82, 2.24) is 4.90 Å². The van der Waals surface area contributed by atoms with Gasteiger partial charge < -0.3 is 4.74 Å². The molecule has 0 aromatic carbocycles. The Labute approximate surface area is 81.3 Å². The standard InChI is InChI=1S/C11H21NO/c1-9(2)13-8-11-6-10-4-3-5-12(11)7-10/h9-11H,3-8H2,1-2H3. The molecular weight excluding hydrogens is 162 g/mol. The molecule has 2 saturated heterocycles. The summed E-state index contributed by atoms with van der Waals surface area (Å²) in [5.74, 6) is 0.981. The molecule has 3 unspecified atom stereocenters. The molecule has 2 nitrogen and oxygen atoms in total. The number of nitrogens with zero attached hydrogens (tertiary/aromatic N) is 1. The van der Waals surface area contributed by atoms with Crippen molar-refractivity contribution in [2.24, 2.45) is 5.92 Å². The van der Waals surface area contributed by atoms with Crippen LogP contribution in [0.3, 0.4) is 0 Å². The Balaban J connectivity index is 1.80. The van der Waals surface area contributed by atoms with Gasteiger partial charge in [0.25, 0.3) is 0 Å². The van der Waals surface area contributed by atoms with E-state index >= 15 is 0 Å². The van der Waals surface area contributed by atoms with Crippen molar-refractivity contribution >= 4 is 0 Å². The highest BCUT2D eigenvalue weighted by Crippen LogP contribution is 2.31. The molecule has 0 amide bonds. The minimum atomic E-state index is 0.390.